The number of anilines is 1. The number of morpholine rings is 1. The van der Waals surface area contributed by atoms with E-state index in [4.69, 9.17) is 10.5 Å². The molecule has 2 aliphatic rings. The zero-order chi connectivity index (χ0) is 23.0. The molecule has 0 unspecified atom stereocenters. The number of ether oxygens (including phenoxy) is 1. The fraction of sp³-hybridized carbons (Fsp3) is 0.391. The number of rotatable bonds is 6. The summed E-state index contributed by atoms with van der Waals surface area (Å²) in [5.74, 6) is -1.39. The molecule has 4 N–H and O–H groups in total. The molecule has 0 saturated carbocycles. The van der Waals surface area contributed by atoms with Crippen LogP contribution in [-0.2, 0) is 16.1 Å². The van der Waals surface area contributed by atoms with Crippen LogP contribution >= 0.6 is 0 Å². The first-order valence-electron chi connectivity index (χ1n) is 10.6. The van der Waals surface area contributed by atoms with Gasteiger partial charge in [-0.15, -0.1) is 0 Å². The van der Waals surface area contributed by atoms with Gasteiger partial charge in [0.05, 0.1) is 37.0 Å². The number of β-amino-alcohol motifs (C(OH)–C–C–N with tert-alkyl or cyclic N) is 1. The highest BCUT2D eigenvalue weighted by molar-refractivity contribution is 6.35. The predicted octanol–water partition coefficient (Wildman–Crippen LogP) is 1.53. The maximum Gasteiger partial charge on any atom is 0.256 e. The lowest BCUT2D eigenvalue weighted by atomic mass is 10.0. The first-order chi connectivity index (χ1) is 15.3. The van der Waals surface area contributed by atoms with Crippen molar-refractivity contribution in [2.75, 3.05) is 38.2 Å². The highest BCUT2D eigenvalue weighted by Gasteiger charge is 2.28. The fourth-order valence-electron chi connectivity index (χ4n) is 4.49. The van der Waals surface area contributed by atoms with Crippen molar-refractivity contribution in [2.24, 2.45) is 5.73 Å². The fourth-order valence-corrected chi connectivity index (χ4v) is 4.49. The van der Waals surface area contributed by atoms with E-state index < -0.39 is 17.8 Å². The summed E-state index contributed by atoms with van der Waals surface area (Å²) in [6.07, 6.45) is 0.926. The molecular weight excluding hydrogens is 415 g/mol. The molecule has 9 heteroatoms. The molecule has 0 radical (unpaired) electrons. The summed E-state index contributed by atoms with van der Waals surface area (Å²) in [6.45, 7) is 6.93. The highest BCUT2D eigenvalue weighted by Crippen LogP contribution is 2.35. The lowest BCUT2D eigenvalue weighted by molar-refractivity contribution is -0.110. The van der Waals surface area contributed by atoms with Crippen LogP contribution in [0.25, 0.3) is 11.6 Å². The van der Waals surface area contributed by atoms with Gasteiger partial charge in [-0.25, -0.2) is 4.39 Å². The van der Waals surface area contributed by atoms with Crippen LogP contribution < -0.4 is 11.1 Å². The van der Waals surface area contributed by atoms with E-state index in [1.807, 2.05) is 0 Å². The Kier molecular flexibility index (Phi) is 6.14. The van der Waals surface area contributed by atoms with E-state index in [9.17, 15) is 19.1 Å². The van der Waals surface area contributed by atoms with Crippen LogP contribution in [0.4, 0.5) is 10.1 Å². The van der Waals surface area contributed by atoms with Crippen LogP contribution in [-0.4, -0.2) is 65.3 Å². The van der Waals surface area contributed by atoms with E-state index in [2.05, 4.69) is 10.2 Å². The third kappa shape index (κ3) is 4.19. The zero-order valence-corrected chi connectivity index (χ0v) is 18.2. The van der Waals surface area contributed by atoms with Gasteiger partial charge in [-0.2, -0.15) is 0 Å². The second-order valence-corrected chi connectivity index (χ2v) is 8.21. The molecule has 2 aliphatic heterocycles. The third-order valence-corrected chi connectivity index (χ3v) is 6.07. The summed E-state index contributed by atoms with van der Waals surface area (Å²) in [6, 6.07) is 4.10. The number of amides is 2. The maximum atomic E-state index is 13.8. The minimum atomic E-state index is -0.710. The number of benzene rings is 1. The lowest BCUT2D eigenvalue weighted by Gasteiger charge is -2.29. The molecule has 32 heavy (non-hydrogen) atoms. The van der Waals surface area contributed by atoms with Gasteiger partial charge in [0.25, 0.3) is 11.8 Å². The van der Waals surface area contributed by atoms with Crippen molar-refractivity contribution in [2.45, 2.75) is 26.5 Å². The standard InChI is InChI=1S/C23H27FN4O4/c1-13-20(10-18-17-9-15(24)3-4-19(17)26-23(18)31)28(14(2)21(13)22(25)30)12-16(29)11-27-5-7-32-8-6-27/h3-4,9-10,16,29H,5-8,11-12H2,1-2H3,(H2,25,30)(H,26,31)/b18-10-/t16-/m0/s1. The zero-order valence-electron chi connectivity index (χ0n) is 18.2. The van der Waals surface area contributed by atoms with Crippen molar-refractivity contribution in [1.29, 1.82) is 0 Å². The Labute approximate surface area is 185 Å². The van der Waals surface area contributed by atoms with Crippen molar-refractivity contribution < 1.29 is 23.8 Å². The molecule has 1 saturated heterocycles. The Hall–Kier alpha value is -3.01. The number of aliphatic hydroxyl groups excluding tert-OH is 1. The molecule has 0 spiro atoms. The number of hydrogen-bond acceptors (Lipinski definition) is 5. The molecule has 8 nitrogen and oxygen atoms in total. The monoisotopic (exact) mass is 442 g/mol. The number of aliphatic hydroxyl groups is 1. The van der Waals surface area contributed by atoms with Gasteiger partial charge in [-0.3, -0.25) is 14.5 Å². The average molecular weight is 442 g/mol. The summed E-state index contributed by atoms with van der Waals surface area (Å²) in [7, 11) is 0. The minimum Gasteiger partial charge on any atom is -0.390 e. The molecule has 3 heterocycles. The lowest BCUT2D eigenvalue weighted by Crippen LogP contribution is -2.42. The van der Waals surface area contributed by atoms with Crippen LogP contribution in [0.3, 0.4) is 0 Å². The second-order valence-electron chi connectivity index (χ2n) is 8.21. The molecule has 0 bridgehead atoms. The first-order valence-corrected chi connectivity index (χ1v) is 10.6. The summed E-state index contributed by atoms with van der Waals surface area (Å²) >= 11 is 0. The Morgan fingerprint density at radius 3 is 2.72 bits per heavy atom. The van der Waals surface area contributed by atoms with Crippen LogP contribution in [0, 0.1) is 19.7 Å². The van der Waals surface area contributed by atoms with E-state index in [1.54, 1.807) is 24.5 Å². The van der Waals surface area contributed by atoms with Gasteiger partial charge >= 0.3 is 0 Å². The van der Waals surface area contributed by atoms with Crippen molar-refractivity contribution in [3.05, 3.63) is 52.1 Å². The van der Waals surface area contributed by atoms with Crippen LogP contribution in [0.1, 0.15) is 32.9 Å². The number of fused-ring (bicyclic) bond motifs is 1. The van der Waals surface area contributed by atoms with Crippen molar-refractivity contribution in [3.8, 4) is 0 Å². The van der Waals surface area contributed by atoms with Gasteiger partial charge in [0.2, 0.25) is 0 Å². The number of primary amides is 1. The Morgan fingerprint density at radius 1 is 1.31 bits per heavy atom. The van der Waals surface area contributed by atoms with Gasteiger partial charge in [-0.1, -0.05) is 0 Å². The highest BCUT2D eigenvalue weighted by atomic mass is 19.1. The van der Waals surface area contributed by atoms with Gasteiger partial charge in [0.1, 0.15) is 5.82 Å². The Balaban J connectivity index is 1.73. The van der Waals surface area contributed by atoms with Crippen molar-refractivity contribution in [3.63, 3.8) is 0 Å². The predicted molar refractivity (Wildman–Crippen MR) is 119 cm³/mol. The quantitative estimate of drug-likeness (QED) is 0.588. The Morgan fingerprint density at radius 2 is 2.03 bits per heavy atom. The third-order valence-electron chi connectivity index (χ3n) is 6.07. The van der Waals surface area contributed by atoms with Crippen molar-refractivity contribution >= 4 is 29.2 Å². The number of halogens is 1. The number of nitrogens with two attached hydrogens (primary N) is 1. The largest absolute Gasteiger partial charge is 0.390 e. The SMILES string of the molecule is Cc1c(C(N)=O)c(C)n(C[C@@H](O)CN2CCOCC2)c1/C=C1\C(=O)Nc2ccc(F)cc21. The summed E-state index contributed by atoms with van der Waals surface area (Å²) in [5.41, 5.74) is 9.05. The van der Waals surface area contributed by atoms with Gasteiger partial charge in [0, 0.05) is 42.3 Å². The summed E-state index contributed by atoms with van der Waals surface area (Å²) in [5, 5.41) is 13.5. The van der Waals surface area contributed by atoms with Gasteiger partial charge in [-0.05, 0) is 43.7 Å². The molecule has 1 aromatic heterocycles. The number of nitrogens with zero attached hydrogens (tertiary/aromatic N) is 2. The van der Waals surface area contributed by atoms with Crippen LogP contribution in [0.15, 0.2) is 18.2 Å². The van der Waals surface area contributed by atoms with E-state index in [0.29, 0.717) is 59.1 Å². The van der Waals surface area contributed by atoms with Gasteiger partial charge in [0.15, 0.2) is 0 Å². The smallest absolute Gasteiger partial charge is 0.256 e. The average Bonchev–Trinajstić information content (AvgIpc) is 3.16. The van der Waals surface area contributed by atoms with E-state index in [0.717, 1.165) is 13.1 Å². The number of hydrogen-bond donors (Lipinski definition) is 3. The molecular formula is C23H27FN4O4. The van der Waals surface area contributed by atoms with Crippen LogP contribution in [0.2, 0.25) is 0 Å². The molecule has 170 valence electrons. The topological polar surface area (TPSA) is 110 Å². The molecule has 1 fully saturated rings. The second kappa shape index (κ2) is 8.85. The Bertz CT molecular complexity index is 1100. The molecule has 2 aromatic rings. The number of aromatic nitrogens is 1. The molecule has 1 aromatic carbocycles. The first kappa shape index (κ1) is 22.2. The molecule has 2 amide bonds. The normalized spacial score (nSPS) is 18.6. The molecule has 0 aliphatic carbocycles. The molecule has 1 atom stereocenters. The van der Waals surface area contributed by atoms with Crippen LogP contribution in [0.5, 0.6) is 0 Å². The summed E-state index contributed by atoms with van der Waals surface area (Å²) < 4.78 is 21.0. The van der Waals surface area contributed by atoms with Crippen molar-refractivity contribution in [1.82, 2.24) is 9.47 Å². The summed E-state index contributed by atoms with van der Waals surface area (Å²) in [4.78, 5) is 26.9. The minimum absolute atomic E-state index is 0.216. The van der Waals surface area contributed by atoms with E-state index in [-0.39, 0.29) is 12.5 Å². The maximum absolute atomic E-state index is 13.8. The van der Waals surface area contributed by atoms with E-state index in [1.165, 1.54) is 18.2 Å². The number of carbonyl (C=O) groups is 2. The molecule has 4 rings (SSSR count). The number of carbonyl (C=O) groups excluding carboxylic acids is 2. The van der Waals surface area contributed by atoms with E-state index >= 15 is 0 Å². The van der Waals surface area contributed by atoms with Gasteiger partial charge < -0.3 is 25.5 Å². The number of nitrogens with one attached hydrogen (secondary N) is 1.